The monoisotopic (exact) mass is 390 g/mol. The van der Waals surface area contributed by atoms with Crippen LogP contribution in [0.15, 0.2) is 39.8 Å². The minimum absolute atomic E-state index is 0. The summed E-state index contributed by atoms with van der Waals surface area (Å²) in [6, 6.07) is 7.68. The molecule has 4 N–H and O–H groups in total. The number of nitrogens with two attached hydrogens (primary N) is 1. The standard InChI is InChI=1S/C19H22N4O3.ClH/c1-10(2)12-4-6-13(7-5-12)14(20)8-21-17(24)15-11(3)26-19-16(15)18(25)22-9-23-19;/h4-7,9-10,14H,8,20H2,1-3H3,(H,21,24)(H,22,23,25);1H. The van der Waals surface area contributed by atoms with Crippen molar-refractivity contribution in [3.05, 3.63) is 63.4 Å². The number of nitrogens with one attached hydrogen (secondary N) is 2. The Hall–Kier alpha value is -2.64. The zero-order valence-electron chi connectivity index (χ0n) is 15.4. The van der Waals surface area contributed by atoms with Crippen molar-refractivity contribution in [2.24, 2.45) is 5.73 Å². The van der Waals surface area contributed by atoms with Crippen LogP contribution in [-0.2, 0) is 0 Å². The van der Waals surface area contributed by atoms with Crippen LogP contribution in [0.1, 0.15) is 53.1 Å². The second kappa shape index (κ2) is 8.37. The topological polar surface area (TPSA) is 114 Å². The van der Waals surface area contributed by atoms with E-state index in [1.54, 1.807) is 6.92 Å². The van der Waals surface area contributed by atoms with E-state index in [-0.39, 0.29) is 41.7 Å². The molecule has 1 unspecified atom stereocenters. The highest BCUT2D eigenvalue weighted by Gasteiger charge is 2.22. The van der Waals surface area contributed by atoms with Gasteiger partial charge in [-0.05, 0) is 24.0 Å². The van der Waals surface area contributed by atoms with Crippen LogP contribution in [-0.4, -0.2) is 22.4 Å². The summed E-state index contributed by atoms with van der Waals surface area (Å²) in [5.41, 5.74) is 8.28. The number of hydrogen-bond acceptors (Lipinski definition) is 5. The van der Waals surface area contributed by atoms with Gasteiger partial charge in [0.1, 0.15) is 11.1 Å². The van der Waals surface area contributed by atoms with Gasteiger partial charge in [-0.2, -0.15) is 0 Å². The van der Waals surface area contributed by atoms with Gasteiger partial charge >= 0.3 is 0 Å². The number of carbonyl (C=O) groups excluding carboxylic acids is 1. The first kappa shape index (κ1) is 20.7. The Morgan fingerprint density at radius 3 is 2.52 bits per heavy atom. The summed E-state index contributed by atoms with van der Waals surface area (Å²) in [4.78, 5) is 31.0. The molecule has 3 aromatic rings. The molecule has 144 valence electrons. The van der Waals surface area contributed by atoms with Crippen molar-refractivity contribution in [3.63, 3.8) is 0 Å². The van der Waals surface area contributed by atoms with E-state index in [2.05, 4.69) is 29.1 Å². The minimum atomic E-state index is -0.412. The molecule has 27 heavy (non-hydrogen) atoms. The van der Waals surface area contributed by atoms with Gasteiger partial charge in [0.2, 0.25) is 5.71 Å². The van der Waals surface area contributed by atoms with Gasteiger partial charge in [-0.3, -0.25) is 9.59 Å². The molecule has 8 heteroatoms. The molecule has 0 aliphatic carbocycles. The maximum Gasteiger partial charge on any atom is 0.262 e. The molecular formula is C19H23ClN4O3. The number of aromatic nitrogens is 2. The normalized spacial score (nSPS) is 12.0. The lowest BCUT2D eigenvalue weighted by Crippen LogP contribution is -2.32. The summed E-state index contributed by atoms with van der Waals surface area (Å²) >= 11 is 0. The molecule has 1 amide bonds. The SMILES string of the molecule is Cc1oc2nc[nH]c(=O)c2c1C(=O)NCC(N)c1ccc(C(C)C)cc1.Cl. The highest BCUT2D eigenvalue weighted by Crippen LogP contribution is 2.21. The van der Waals surface area contributed by atoms with Crippen molar-refractivity contribution in [2.75, 3.05) is 6.54 Å². The zero-order valence-corrected chi connectivity index (χ0v) is 16.2. The second-order valence-corrected chi connectivity index (χ2v) is 6.58. The summed E-state index contributed by atoms with van der Waals surface area (Å²) in [6.45, 7) is 6.12. The lowest BCUT2D eigenvalue weighted by Gasteiger charge is -2.14. The van der Waals surface area contributed by atoms with Gasteiger partial charge in [0, 0.05) is 12.6 Å². The quantitative estimate of drug-likeness (QED) is 0.619. The van der Waals surface area contributed by atoms with E-state index in [4.69, 9.17) is 10.2 Å². The van der Waals surface area contributed by atoms with E-state index in [0.717, 1.165) is 5.56 Å². The zero-order chi connectivity index (χ0) is 18.8. The van der Waals surface area contributed by atoms with Gasteiger partial charge in [0.25, 0.3) is 11.5 Å². The van der Waals surface area contributed by atoms with E-state index >= 15 is 0 Å². The number of benzene rings is 1. The van der Waals surface area contributed by atoms with E-state index < -0.39 is 11.5 Å². The van der Waals surface area contributed by atoms with Crippen molar-refractivity contribution in [3.8, 4) is 0 Å². The van der Waals surface area contributed by atoms with Crippen LogP contribution in [0.25, 0.3) is 11.1 Å². The third-order valence-corrected chi connectivity index (χ3v) is 4.41. The first-order chi connectivity index (χ1) is 12.4. The molecule has 0 spiro atoms. The van der Waals surface area contributed by atoms with Gasteiger partial charge in [-0.15, -0.1) is 12.4 Å². The Balaban J connectivity index is 0.00000261. The summed E-state index contributed by atoms with van der Waals surface area (Å²) in [5.74, 6) is 0.384. The Labute approximate surface area is 162 Å². The number of H-pyrrole nitrogens is 1. The van der Waals surface area contributed by atoms with Gasteiger partial charge in [0.15, 0.2) is 0 Å². The Morgan fingerprint density at radius 1 is 1.26 bits per heavy atom. The molecule has 2 aromatic heterocycles. The molecule has 2 heterocycles. The molecule has 3 rings (SSSR count). The lowest BCUT2D eigenvalue weighted by atomic mass is 9.99. The molecule has 0 bridgehead atoms. The number of nitrogens with zero attached hydrogens (tertiary/aromatic N) is 1. The fourth-order valence-electron chi connectivity index (χ4n) is 2.86. The number of fused-ring (bicyclic) bond motifs is 1. The maximum atomic E-state index is 12.6. The Bertz CT molecular complexity index is 992. The third kappa shape index (κ3) is 4.20. The van der Waals surface area contributed by atoms with Crippen LogP contribution in [0.5, 0.6) is 0 Å². The van der Waals surface area contributed by atoms with Gasteiger partial charge < -0.3 is 20.5 Å². The number of rotatable bonds is 5. The van der Waals surface area contributed by atoms with Gasteiger partial charge in [-0.1, -0.05) is 38.1 Å². The number of amides is 1. The van der Waals surface area contributed by atoms with Gasteiger partial charge in [0.05, 0.1) is 11.9 Å². The molecule has 0 saturated heterocycles. The van der Waals surface area contributed by atoms with Crippen LogP contribution in [0, 0.1) is 6.92 Å². The molecule has 0 fully saturated rings. The van der Waals surface area contributed by atoms with Crippen LogP contribution in [0.2, 0.25) is 0 Å². The molecule has 0 radical (unpaired) electrons. The molecule has 0 aliphatic rings. The average Bonchev–Trinajstić information content (AvgIpc) is 2.96. The lowest BCUT2D eigenvalue weighted by molar-refractivity contribution is 0.0951. The number of halogens is 1. The van der Waals surface area contributed by atoms with Crippen LogP contribution in [0.3, 0.4) is 0 Å². The smallest absolute Gasteiger partial charge is 0.262 e. The van der Waals surface area contributed by atoms with Crippen molar-refractivity contribution in [1.29, 1.82) is 0 Å². The largest absolute Gasteiger partial charge is 0.442 e. The van der Waals surface area contributed by atoms with Crippen molar-refractivity contribution in [1.82, 2.24) is 15.3 Å². The predicted octanol–water partition coefficient (Wildman–Crippen LogP) is 2.80. The number of aromatic amines is 1. The maximum absolute atomic E-state index is 12.6. The summed E-state index contributed by atoms with van der Waals surface area (Å²) < 4.78 is 5.40. The highest BCUT2D eigenvalue weighted by molar-refractivity contribution is 6.06. The molecule has 0 saturated carbocycles. The van der Waals surface area contributed by atoms with Gasteiger partial charge in [-0.25, -0.2) is 4.98 Å². The van der Waals surface area contributed by atoms with Crippen molar-refractivity contribution < 1.29 is 9.21 Å². The van der Waals surface area contributed by atoms with E-state index in [1.807, 2.05) is 24.3 Å². The van der Waals surface area contributed by atoms with Crippen molar-refractivity contribution in [2.45, 2.75) is 32.7 Å². The second-order valence-electron chi connectivity index (χ2n) is 6.58. The summed E-state index contributed by atoms with van der Waals surface area (Å²) in [5, 5.41) is 2.93. The van der Waals surface area contributed by atoms with E-state index in [1.165, 1.54) is 11.9 Å². The fraction of sp³-hybridized carbons (Fsp3) is 0.316. The summed E-state index contributed by atoms with van der Waals surface area (Å²) in [7, 11) is 0. The van der Waals surface area contributed by atoms with E-state index in [0.29, 0.717) is 11.7 Å². The first-order valence-electron chi connectivity index (χ1n) is 8.49. The molecule has 1 atom stereocenters. The van der Waals surface area contributed by atoms with E-state index in [9.17, 15) is 9.59 Å². The molecular weight excluding hydrogens is 368 g/mol. The number of aryl methyl sites for hydroxylation is 1. The third-order valence-electron chi connectivity index (χ3n) is 4.41. The minimum Gasteiger partial charge on any atom is -0.442 e. The predicted molar refractivity (Wildman–Crippen MR) is 106 cm³/mol. The average molecular weight is 391 g/mol. The molecule has 1 aromatic carbocycles. The van der Waals surface area contributed by atoms with Crippen molar-refractivity contribution >= 4 is 29.4 Å². The molecule has 0 aliphatic heterocycles. The Kier molecular flexibility index (Phi) is 6.41. The number of furan rings is 1. The fourth-order valence-corrected chi connectivity index (χ4v) is 2.86. The number of carbonyl (C=O) groups is 1. The first-order valence-corrected chi connectivity index (χ1v) is 8.49. The Morgan fingerprint density at radius 2 is 1.89 bits per heavy atom. The van der Waals surface area contributed by atoms with Crippen LogP contribution < -0.4 is 16.6 Å². The molecule has 7 nitrogen and oxygen atoms in total. The highest BCUT2D eigenvalue weighted by atomic mass is 35.5. The number of hydrogen-bond donors (Lipinski definition) is 3. The summed E-state index contributed by atoms with van der Waals surface area (Å²) in [6.07, 6.45) is 1.24. The van der Waals surface area contributed by atoms with Crippen LogP contribution in [0.4, 0.5) is 0 Å². The van der Waals surface area contributed by atoms with Crippen LogP contribution >= 0.6 is 12.4 Å².